The zero-order chi connectivity index (χ0) is 10.5. The average molecular weight is 187 g/mol. The molecule has 0 fully saturated rings. The monoisotopic (exact) mass is 187 g/mol. The first-order chi connectivity index (χ1) is 5.90. The van der Waals surface area contributed by atoms with Crippen molar-refractivity contribution in [3.63, 3.8) is 0 Å². The summed E-state index contributed by atoms with van der Waals surface area (Å²) in [6, 6.07) is 0. The van der Waals surface area contributed by atoms with Gasteiger partial charge in [-0.3, -0.25) is 14.9 Å². The zero-order valence-electron chi connectivity index (χ0n) is 8.64. The van der Waals surface area contributed by atoms with Crippen molar-refractivity contribution in [2.45, 2.75) is 33.2 Å². The van der Waals surface area contributed by atoms with Crippen LogP contribution in [0.15, 0.2) is 0 Å². The number of esters is 1. The normalized spacial score (nSPS) is 11.1. The molecule has 0 aromatic carbocycles. The maximum Gasteiger partial charge on any atom is 0.319 e. The Balaban J connectivity index is 3.88. The van der Waals surface area contributed by atoms with Crippen molar-refractivity contribution in [3.05, 3.63) is 0 Å². The molecule has 76 valence electrons. The standard InChI is InChI=1S/C9H17NO3/c1-5-13-8(12)6-10-9(3,4)7(2)11/h10H,5-6H2,1-4H3. The van der Waals surface area contributed by atoms with Crippen molar-refractivity contribution in [2.24, 2.45) is 0 Å². The number of ketones is 1. The maximum absolute atomic E-state index is 11.0. The van der Waals surface area contributed by atoms with Crippen molar-refractivity contribution in [1.82, 2.24) is 5.32 Å². The molecule has 0 aromatic rings. The molecule has 4 nitrogen and oxygen atoms in total. The zero-order valence-corrected chi connectivity index (χ0v) is 8.64. The molecule has 0 atom stereocenters. The molecule has 0 rings (SSSR count). The van der Waals surface area contributed by atoms with Crippen LogP contribution in [0.3, 0.4) is 0 Å². The Morgan fingerprint density at radius 2 is 1.92 bits per heavy atom. The van der Waals surface area contributed by atoms with Crippen LogP contribution in [0.5, 0.6) is 0 Å². The van der Waals surface area contributed by atoms with Crippen LogP contribution < -0.4 is 5.32 Å². The third kappa shape index (κ3) is 4.62. The minimum atomic E-state index is -0.660. The Hall–Kier alpha value is -0.900. The van der Waals surface area contributed by atoms with E-state index in [1.165, 1.54) is 6.92 Å². The first-order valence-corrected chi connectivity index (χ1v) is 4.32. The van der Waals surface area contributed by atoms with Crippen LogP contribution in [-0.2, 0) is 14.3 Å². The van der Waals surface area contributed by atoms with Crippen LogP contribution >= 0.6 is 0 Å². The van der Waals surface area contributed by atoms with E-state index in [0.29, 0.717) is 6.61 Å². The molecule has 0 aromatic heterocycles. The van der Waals surface area contributed by atoms with Crippen molar-refractivity contribution < 1.29 is 14.3 Å². The van der Waals surface area contributed by atoms with E-state index >= 15 is 0 Å². The highest BCUT2D eigenvalue weighted by molar-refractivity contribution is 5.85. The van der Waals surface area contributed by atoms with E-state index in [1.807, 2.05) is 0 Å². The fraction of sp³-hybridized carbons (Fsp3) is 0.778. The van der Waals surface area contributed by atoms with E-state index < -0.39 is 5.54 Å². The van der Waals surface area contributed by atoms with Gasteiger partial charge < -0.3 is 4.74 Å². The van der Waals surface area contributed by atoms with Gasteiger partial charge in [0.1, 0.15) is 5.78 Å². The summed E-state index contributed by atoms with van der Waals surface area (Å²) >= 11 is 0. The smallest absolute Gasteiger partial charge is 0.319 e. The SMILES string of the molecule is CCOC(=O)CNC(C)(C)C(C)=O. The first kappa shape index (κ1) is 12.1. The third-order valence-electron chi connectivity index (χ3n) is 1.86. The predicted octanol–water partition coefficient (Wildman–Crippen LogP) is 0.507. The van der Waals surface area contributed by atoms with Gasteiger partial charge in [-0.25, -0.2) is 0 Å². The Labute approximate surface area is 78.6 Å². The second-order valence-electron chi connectivity index (χ2n) is 3.34. The van der Waals surface area contributed by atoms with Crippen molar-refractivity contribution in [1.29, 1.82) is 0 Å². The van der Waals surface area contributed by atoms with Gasteiger partial charge in [0.2, 0.25) is 0 Å². The molecule has 4 heteroatoms. The van der Waals surface area contributed by atoms with Gasteiger partial charge in [0, 0.05) is 0 Å². The highest BCUT2D eigenvalue weighted by Crippen LogP contribution is 2.02. The lowest BCUT2D eigenvalue weighted by molar-refractivity contribution is -0.142. The second-order valence-corrected chi connectivity index (χ2v) is 3.34. The number of ether oxygens (including phenoxy) is 1. The molecule has 0 saturated heterocycles. The topological polar surface area (TPSA) is 55.4 Å². The van der Waals surface area contributed by atoms with E-state index in [-0.39, 0.29) is 18.3 Å². The molecular formula is C9H17NO3. The van der Waals surface area contributed by atoms with Crippen LogP contribution in [0.25, 0.3) is 0 Å². The lowest BCUT2D eigenvalue weighted by Gasteiger charge is -2.22. The largest absolute Gasteiger partial charge is 0.465 e. The van der Waals surface area contributed by atoms with E-state index in [9.17, 15) is 9.59 Å². The fourth-order valence-corrected chi connectivity index (χ4v) is 0.630. The predicted molar refractivity (Wildman–Crippen MR) is 49.4 cm³/mol. The van der Waals surface area contributed by atoms with Crippen LogP contribution in [0, 0.1) is 0 Å². The third-order valence-corrected chi connectivity index (χ3v) is 1.86. The molecular weight excluding hydrogens is 170 g/mol. The lowest BCUT2D eigenvalue weighted by Crippen LogP contribution is -2.47. The van der Waals surface area contributed by atoms with E-state index in [1.54, 1.807) is 20.8 Å². The molecule has 0 radical (unpaired) electrons. The molecule has 13 heavy (non-hydrogen) atoms. The van der Waals surface area contributed by atoms with Gasteiger partial charge in [0.25, 0.3) is 0 Å². The molecule has 0 heterocycles. The van der Waals surface area contributed by atoms with Gasteiger partial charge in [-0.1, -0.05) is 0 Å². The van der Waals surface area contributed by atoms with Gasteiger partial charge >= 0.3 is 5.97 Å². The Morgan fingerprint density at radius 3 is 2.31 bits per heavy atom. The van der Waals surface area contributed by atoms with Crippen LogP contribution in [-0.4, -0.2) is 30.4 Å². The number of nitrogens with one attached hydrogen (secondary N) is 1. The van der Waals surface area contributed by atoms with Gasteiger partial charge in [-0.05, 0) is 27.7 Å². The maximum atomic E-state index is 11.0. The molecule has 0 aliphatic carbocycles. The summed E-state index contributed by atoms with van der Waals surface area (Å²) in [6.07, 6.45) is 0. The molecule has 0 bridgehead atoms. The lowest BCUT2D eigenvalue weighted by atomic mass is 10.0. The summed E-state index contributed by atoms with van der Waals surface area (Å²) in [5, 5.41) is 2.82. The number of rotatable bonds is 5. The summed E-state index contributed by atoms with van der Waals surface area (Å²) in [7, 11) is 0. The average Bonchev–Trinajstić information content (AvgIpc) is 2.01. The van der Waals surface area contributed by atoms with E-state index in [2.05, 4.69) is 5.32 Å². The van der Waals surface area contributed by atoms with E-state index in [4.69, 9.17) is 4.74 Å². The minimum Gasteiger partial charge on any atom is -0.465 e. The number of hydrogen-bond donors (Lipinski definition) is 1. The van der Waals surface area contributed by atoms with Crippen molar-refractivity contribution in [2.75, 3.05) is 13.2 Å². The number of hydrogen-bond acceptors (Lipinski definition) is 4. The summed E-state index contributed by atoms with van der Waals surface area (Å²) in [5.41, 5.74) is -0.660. The molecule has 0 spiro atoms. The van der Waals surface area contributed by atoms with Crippen LogP contribution in [0.2, 0.25) is 0 Å². The molecule has 0 aliphatic heterocycles. The minimum absolute atomic E-state index is 0.00296. The van der Waals surface area contributed by atoms with Gasteiger partial charge in [-0.2, -0.15) is 0 Å². The Bertz CT molecular complexity index is 199. The Kier molecular flexibility index (Phi) is 4.62. The molecule has 1 N–H and O–H groups in total. The van der Waals surface area contributed by atoms with E-state index in [0.717, 1.165) is 0 Å². The van der Waals surface area contributed by atoms with Crippen LogP contribution in [0.1, 0.15) is 27.7 Å². The quantitative estimate of drug-likeness (QED) is 0.637. The summed E-state index contributed by atoms with van der Waals surface area (Å²) in [5.74, 6) is -0.339. The number of Topliss-reactive ketones (excluding diaryl/α,β-unsaturated/α-hetero) is 1. The molecule has 0 saturated carbocycles. The first-order valence-electron chi connectivity index (χ1n) is 4.32. The number of carbonyl (C=O) groups is 2. The fourth-order valence-electron chi connectivity index (χ4n) is 0.630. The van der Waals surface area contributed by atoms with Crippen LogP contribution in [0.4, 0.5) is 0 Å². The highest BCUT2D eigenvalue weighted by atomic mass is 16.5. The molecule has 0 aliphatic rings. The number of carbonyl (C=O) groups excluding carboxylic acids is 2. The second kappa shape index (κ2) is 4.97. The molecule has 0 unspecified atom stereocenters. The molecule has 0 amide bonds. The Morgan fingerprint density at radius 1 is 1.38 bits per heavy atom. The van der Waals surface area contributed by atoms with Gasteiger partial charge in [0.15, 0.2) is 0 Å². The van der Waals surface area contributed by atoms with Gasteiger partial charge in [0.05, 0.1) is 18.7 Å². The van der Waals surface area contributed by atoms with Crippen molar-refractivity contribution >= 4 is 11.8 Å². The summed E-state index contributed by atoms with van der Waals surface area (Å²) < 4.78 is 4.70. The summed E-state index contributed by atoms with van der Waals surface area (Å²) in [4.78, 5) is 21.9. The summed E-state index contributed by atoms with van der Waals surface area (Å²) in [6.45, 7) is 7.12. The van der Waals surface area contributed by atoms with Gasteiger partial charge in [-0.15, -0.1) is 0 Å². The highest BCUT2D eigenvalue weighted by Gasteiger charge is 2.23. The van der Waals surface area contributed by atoms with Crippen molar-refractivity contribution in [3.8, 4) is 0 Å².